The maximum atomic E-state index is 12.4. The molecule has 0 spiro atoms. The summed E-state index contributed by atoms with van der Waals surface area (Å²) in [5.74, 6) is -0.0714. The van der Waals surface area contributed by atoms with Crippen molar-refractivity contribution in [3.8, 4) is 5.75 Å². The minimum absolute atomic E-state index is 0.0212. The monoisotopic (exact) mass is 527 g/mol. The van der Waals surface area contributed by atoms with Crippen LogP contribution in [0.4, 0.5) is 5.69 Å². The molecule has 3 aromatic carbocycles. The van der Waals surface area contributed by atoms with Gasteiger partial charge in [-0.05, 0) is 36.4 Å². The zero-order chi connectivity index (χ0) is 23.4. The van der Waals surface area contributed by atoms with Crippen LogP contribution in [0, 0.1) is 10.1 Å². The molecule has 10 heteroatoms. The Kier molecular flexibility index (Phi) is 6.71. The lowest BCUT2D eigenvalue weighted by Crippen LogP contribution is -2.16. The summed E-state index contributed by atoms with van der Waals surface area (Å²) in [5, 5.41) is 16.0. The Morgan fingerprint density at radius 2 is 2.00 bits per heavy atom. The van der Waals surface area contributed by atoms with Crippen LogP contribution in [0.25, 0.3) is 11.0 Å². The van der Waals surface area contributed by atoms with Gasteiger partial charge in [-0.1, -0.05) is 45.7 Å². The molecular weight excluding hydrogens is 514 g/mol. The molecule has 0 radical (unpaired) electrons. The molecule has 4 aromatic rings. The van der Waals surface area contributed by atoms with Crippen molar-refractivity contribution in [2.24, 2.45) is 5.10 Å². The van der Waals surface area contributed by atoms with Crippen LogP contribution in [0.15, 0.2) is 80.7 Å². The lowest BCUT2D eigenvalue weighted by Gasteiger charge is -2.10. The molecule has 0 saturated carbocycles. The van der Waals surface area contributed by atoms with Crippen LogP contribution < -0.4 is 10.2 Å². The van der Waals surface area contributed by atoms with Gasteiger partial charge >= 0.3 is 5.91 Å². The van der Waals surface area contributed by atoms with Gasteiger partial charge in [0.05, 0.1) is 11.1 Å². The molecule has 0 unspecified atom stereocenters. The van der Waals surface area contributed by atoms with Crippen LogP contribution in [0.3, 0.4) is 0 Å². The Morgan fingerprint density at radius 1 is 1.18 bits per heavy atom. The Bertz CT molecular complexity index is 1390. The summed E-state index contributed by atoms with van der Waals surface area (Å²) in [6.07, 6.45) is 1.44. The number of amides is 1. The first-order valence-corrected chi connectivity index (χ1v) is 10.7. The minimum atomic E-state index is -0.598. The predicted molar refractivity (Wildman–Crippen MR) is 128 cm³/mol. The van der Waals surface area contributed by atoms with E-state index in [0.29, 0.717) is 27.3 Å². The molecule has 1 amide bonds. The molecule has 0 fully saturated rings. The number of hydrazone groups is 1. The van der Waals surface area contributed by atoms with Crippen LogP contribution in [0.1, 0.15) is 21.7 Å². The second-order valence-corrected chi connectivity index (χ2v) is 8.17. The lowest BCUT2D eigenvalue weighted by atomic mass is 10.2. The van der Waals surface area contributed by atoms with E-state index in [1.54, 1.807) is 18.2 Å². The largest absolute Gasteiger partial charge is 0.488 e. The third-order valence-corrected chi connectivity index (χ3v) is 5.48. The van der Waals surface area contributed by atoms with E-state index in [1.807, 2.05) is 24.3 Å². The number of carbonyl (C=O) groups excluding carboxylic acids is 1. The van der Waals surface area contributed by atoms with E-state index in [0.717, 1.165) is 10.0 Å². The van der Waals surface area contributed by atoms with Gasteiger partial charge in [-0.15, -0.1) is 0 Å². The van der Waals surface area contributed by atoms with Crippen molar-refractivity contribution in [3.05, 3.63) is 103 Å². The highest BCUT2D eigenvalue weighted by atomic mass is 79.9. The molecule has 1 N–H and O–H groups in total. The summed E-state index contributed by atoms with van der Waals surface area (Å²) >= 11 is 9.59. The van der Waals surface area contributed by atoms with Gasteiger partial charge in [0, 0.05) is 38.1 Å². The molecule has 1 heterocycles. The van der Waals surface area contributed by atoms with Gasteiger partial charge in [0.2, 0.25) is 0 Å². The van der Waals surface area contributed by atoms with E-state index in [1.165, 1.54) is 30.5 Å². The number of carbonyl (C=O) groups is 1. The van der Waals surface area contributed by atoms with Crippen LogP contribution >= 0.6 is 27.5 Å². The Labute approximate surface area is 201 Å². The number of hydrogen-bond acceptors (Lipinski definition) is 6. The minimum Gasteiger partial charge on any atom is -0.488 e. The van der Waals surface area contributed by atoms with Crippen molar-refractivity contribution in [1.29, 1.82) is 0 Å². The molecule has 4 rings (SSSR count). The first-order chi connectivity index (χ1) is 15.9. The van der Waals surface area contributed by atoms with Gasteiger partial charge in [-0.2, -0.15) is 5.10 Å². The zero-order valence-electron chi connectivity index (χ0n) is 16.8. The number of ether oxygens (including phenoxy) is 1. The summed E-state index contributed by atoms with van der Waals surface area (Å²) in [5.41, 5.74) is 4.11. The fraction of sp³-hybridized carbons (Fsp3) is 0.0435. The van der Waals surface area contributed by atoms with Crippen molar-refractivity contribution in [1.82, 2.24) is 5.43 Å². The van der Waals surface area contributed by atoms with E-state index in [9.17, 15) is 14.9 Å². The molecule has 166 valence electrons. The fourth-order valence-corrected chi connectivity index (χ4v) is 3.56. The Hall–Kier alpha value is -3.69. The van der Waals surface area contributed by atoms with Crippen LogP contribution in [0.5, 0.6) is 5.75 Å². The number of benzene rings is 3. The molecular formula is C23H15BrClN3O5. The highest BCUT2D eigenvalue weighted by Gasteiger charge is 2.15. The van der Waals surface area contributed by atoms with Crippen LogP contribution in [-0.2, 0) is 6.61 Å². The second-order valence-electron chi connectivity index (χ2n) is 6.85. The van der Waals surface area contributed by atoms with Crippen molar-refractivity contribution < 1.29 is 18.9 Å². The van der Waals surface area contributed by atoms with Crippen LogP contribution in [-0.4, -0.2) is 17.0 Å². The van der Waals surface area contributed by atoms with Crippen molar-refractivity contribution in [3.63, 3.8) is 0 Å². The number of furan rings is 1. The molecule has 0 aliphatic carbocycles. The average molecular weight is 529 g/mol. The normalized spacial score (nSPS) is 11.1. The standard InChI is InChI=1S/C23H15BrClN3O5/c24-17-5-7-20(32-13-14-3-1-2-4-19(14)25)16(9-17)12-26-27-23(29)22-11-15-10-18(28(30)31)6-8-21(15)33-22/h1-12H,13H2,(H,27,29)/b26-12-. The van der Waals surface area contributed by atoms with Crippen LogP contribution in [0.2, 0.25) is 5.02 Å². The van der Waals surface area contributed by atoms with Crippen molar-refractivity contribution in [2.75, 3.05) is 0 Å². The number of nitrogens with zero attached hydrogens (tertiary/aromatic N) is 2. The SMILES string of the molecule is O=C(N/N=C\c1cc(Br)ccc1OCc1ccccc1Cl)c1cc2cc([N+](=O)[O-])ccc2o1. The van der Waals surface area contributed by atoms with Gasteiger partial charge in [0.1, 0.15) is 17.9 Å². The summed E-state index contributed by atoms with van der Waals surface area (Å²) in [6.45, 7) is 0.264. The molecule has 8 nitrogen and oxygen atoms in total. The predicted octanol–water partition coefficient (Wildman–Crippen LogP) is 6.10. The fourth-order valence-electron chi connectivity index (χ4n) is 2.99. The molecule has 0 aliphatic rings. The van der Waals surface area contributed by atoms with Gasteiger partial charge in [0.15, 0.2) is 5.76 Å². The highest BCUT2D eigenvalue weighted by Crippen LogP contribution is 2.25. The van der Waals surface area contributed by atoms with E-state index < -0.39 is 10.8 Å². The molecule has 0 aliphatic heterocycles. The first kappa shape index (κ1) is 22.5. The Balaban J connectivity index is 1.47. The zero-order valence-corrected chi connectivity index (χ0v) is 19.2. The van der Waals surface area contributed by atoms with E-state index in [4.69, 9.17) is 20.8 Å². The number of nitro benzene ring substituents is 1. The summed E-state index contributed by atoms with van der Waals surface area (Å²) in [4.78, 5) is 22.8. The topological polar surface area (TPSA) is 107 Å². The van der Waals surface area contributed by atoms with Gasteiger partial charge < -0.3 is 9.15 Å². The van der Waals surface area contributed by atoms with Gasteiger partial charge in [-0.3, -0.25) is 14.9 Å². The number of fused-ring (bicyclic) bond motifs is 1. The second kappa shape index (κ2) is 9.85. The summed E-state index contributed by atoms with van der Waals surface area (Å²) in [6, 6.07) is 18.3. The van der Waals surface area contributed by atoms with E-state index in [2.05, 4.69) is 26.5 Å². The molecule has 0 bridgehead atoms. The van der Waals surface area contributed by atoms with Gasteiger partial charge in [0.25, 0.3) is 5.69 Å². The molecule has 0 saturated heterocycles. The van der Waals surface area contributed by atoms with E-state index >= 15 is 0 Å². The van der Waals surface area contributed by atoms with E-state index in [-0.39, 0.29) is 18.1 Å². The number of halogens is 2. The number of rotatable bonds is 7. The highest BCUT2D eigenvalue weighted by molar-refractivity contribution is 9.10. The molecule has 33 heavy (non-hydrogen) atoms. The summed E-state index contributed by atoms with van der Waals surface area (Å²) in [7, 11) is 0. The Morgan fingerprint density at radius 3 is 2.79 bits per heavy atom. The first-order valence-electron chi connectivity index (χ1n) is 9.58. The number of nitro groups is 1. The smallest absolute Gasteiger partial charge is 0.307 e. The van der Waals surface area contributed by atoms with Crippen molar-refractivity contribution in [2.45, 2.75) is 6.61 Å². The molecule has 1 aromatic heterocycles. The third kappa shape index (κ3) is 5.39. The third-order valence-electron chi connectivity index (χ3n) is 4.62. The van der Waals surface area contributed by atoms with Crippen molar-refractivity contribution >= 4 is 56.3 Å². The summed E-state index contributed by atoms with van der Waals surface area (Å²) < 4.78 is 12.1. The average Bonchev–Trinajstić information content (AvgIpc) is 3.23. The number of hydrogen-bond donors (Lipinski definition) is 1. The quantitative estimate of drug-likeness (QED) is 0.177. The maximum absolute atomic E-state index is 12.4. The lowest BCUT2D eigenvalue weighted by molar-refractivity contribution is -0.384. The maximum Gasteiger partial charge on any atom is 0.307 e. The molecule has 0 atom stereocenters. The number of nitrogens with one attached hydrogen (secondary N) is 1. The number of non-ortho nitro benzene ring substituents is 1. The van der Waals surface area contributed by atoms with Gasteiger partial charge in [-0.25, -0.2) is 5.43 Å².